The van der Waals surface area contributed by atoms with Gasteiger partial charge in [-0.3, -0.25) is 9.80 Å². The Morgan fingerprint density at radius 3 is 2.29 bits per heavy atom. The molecule has 2 atom stereocenters. The molecule has 0 spiro atoms. The number of rotatable bonds is 7. The van der Waals surface area contributed by atoms with Gasteiger partial charge < -0.3 is 9.84 Å². The predicted molar refractivity (Wildman–Crippen MR) is 125 cm³/mol. The highest BCUT2D eigenvalue weighted by Gasteiger charge is 2.32. The second kappa shape index (κ2) is 10.1. The molecular formula is C27H32N2O2. The van der Waals surface area contributed by atoms with Crippen LogP contribution in [0.1, 0.15) is 34.4 Å². The molecule has 1 N–H and O–H groups in total. The fourth-order valence-corrected chi connectivity index (χ4v) is 4.55. The molecule has 0 amide bonds. The largest absolute Gasteiger partial charge is 0.497 e. The van der Waals surface area contributed by atoms with E-state index in [9.17, 15) is 5.11 Å². The monoisotopic (exact) mass is 416 g/mol. The summed E-state index contributed by atoms with van der Waals surface area (Å²) in [5.74, 6) is 0.904. The maximum absolute atomic E-state index is 11.4. The van der Waals surface area contributed by atoms with Gasteiger partial charge >= 0.3 is 0 Å². The maximum Gasteiger partial charge on any atom is 0.119 e. The van der Waals surface area contributed by atoms with Crippen molar-refractivity contribution < 1.29 is 9.84 Å². The summed E-state index contributed by atoms with van der Waals surface area (Å²) in [5.41, 5.74) is 4.67. The average Bonchev–Trinajstić information content (AvgIpc) is 2.82. The van der Waals surface area contributed by atoms with E-state index in [0.717, 1.165) is 44.0 Å². The maximum atomic E-state index is 11.4. The molecule has 3 aromatic rings. The Kier molecular flexibility index (Phi) is 7.03. The Hall–Kier alpha value is -2.66. The fraction of sp³-hybridized carbons (Fsp3) is 0.333. The second-order valence-corrected chi connectivity index (χ2v) is 8.32. The van der Waals surface area contributed by atoms with E-state index in [2.05, 4.69) is 59.2 Å². The van der Waals surface area contributed by atoms with Gasteiger partial charge in [-0.2, -0.15) is 0 Å². The lowest BCUT2D eigenvalue weighted by Gasteiger charge is -2.42. The average molecular weight is 417 g/mol. The van der Waals surface area contributed by atoms with E-state index in [-0.39, 0.29) is 6.04 Å². The Morgan fingerprint density at radius 1 is 0.871 bits per heavy atom. The Labute approximate surface area is 185 Å². The van der Waals surface area contributed by atoms with Crippen molar-refractivity contribution in [3.63, 3.8) is 0 Å². The minimum atomic E-state index is -0.563. The van der Waals surface area contributed by atoms with E-state index in [0.29, 0.717) is 0 Å². The number of hydrogen-bond donors (Lipinski definition) is 1. The smallest absolute Gasteiger partial charge is 0.119 e. The van der Waals surface area contributed by atoms with Gasteiger partial charge in [-0.05, 0) is 41.3 Å². The molecule has 2 unspecified atom stereocenters. The van der Waals surface area contributed by atoms with Crippen molar-refractivity contribution in [3.8, 4) is 5.75 Å². The summed E-state index contributed by atoms with van der Waals surface area (Å²) in [6, 6.07) is 26.7. The first-order valence-electron chi connectivity index (χ1n) is 11.0. The van der Waals surface area contributed by atoms with Crippen LogP contribution >= 0.6 is 0 Å². The molecule has 0 aromatic heterocycles. The summed E-state index contributed by atoms with van der Waals surface area (Å²) in [7, 11) is 1.71. The number of nitrogens with zero attached hydrogens (tertiary/aromatic N) is 2. The van der Waals surface area contributed by atoms with E-state index in [1.54, 1.807) is 7.11 Å². The lowest BCUT2D eigenvalue weighted by atomic mass is 9.91. The molecule has 4 rings (SSSR count). The van der Waals surface area contributed by atoms with Crippen LogP contribution in [0.2, 0.25) is 0 Å². The first-order chi connectivity index (χ1) is 15.2. The van der Waals surface area contributed by atoms with Crippen molar-refractivity contribution in [2.24, 2.45) is 0 Å². The highest BCUT2D eigenvalue weighted by Crippen LogP contribution is 2.36. The number of ether oxygens (including phenoxy) is 1. The summed E-state index contributed by atoms with van der Waals surface area (Å²) >= 11 is 0. The minimum Gasteiger partial charge on any atom is -0.497 e. The van der Waals surface area contributed by atoms with Gasteiger partial charge in [0.1, 0.15) is 5.75 Å². The van der Waals surface area contributed by atoms with Crippen LogP contribution in [0.4, 0.5) is 0 Å². The molecule has 4 nitrogen and oxygen atoms in total. The van der Waals surface area contributed by atoms with Crippen LogP contribution < -0.4 is 4.74 Å². The standard InChI is InChI=1S/C27H32N2O2/c1-21-9-6-7-14-25(21)26(27(30)23-11-4-3-5-12-23)29-17-15-28(16-18-29)20-22-10-8-13-24(19-22)31-2/h3-14,19,26-27,30H,15-18,20H2,1-2H3. The van der Waals surface area contributed by atoms with Crippen LogP contribution in [0.25, 0.3) is 0 Å². The molecule has 1 aliphatic heterocycles. The Balaban J connectivity index is 1.50. The molecule has 1 heterocycles. The number of aliphatic hydroxyl groups excluding tert-OH is 1. The number of benzene rings is 3. The van der Waals surface area contributed by atoms with Gasteiger partial charge in [0.2, 0.25) is 0 Å². The SMILES string of the molecule is COc1cccc(CN2CCN(C(c3ccccc3C)C(O)c3ccccc3)CC2)c1. The van der Waals surface area contributed by atoms with Crippen molar-refractivity contribution >= 4 is 0 Å². The van der Waals surface area contributed by atoms with Gasteiger partial charge in [0.15, 0.2) is 0 Å². The van der Waals surface area contributed by atoms with Gasteiger partial charge in [0.25, 0.3) is 0 Å². The number of aryl methyl sites for hydroxylation is 1. The van der Waals surface area contributed by atoms with Crippen LogP contribution in [-0.4, -0.2) is 48.2 Å². The molecular weight excluding hydrogens is 384 g/mol. The Bertz CT molecular complexity index is 968. The normalized spacial score (nSPS) is 17.3. The van der Waals surface area contributed by atoms with Gasteiger partial charge in [-0.1, -0.05) is 66.7 Å². The van der Waals surface area contributed by atoms with Gasteiger partial charge in [-0.15, -0.1) is 0 Å². The van der Waals surface area contributed by atoms with Crippen LogP contribution in [0.15, 0.2) is 78.9 Å². The van der Waals surface area contributed by atoms with E-state index in [1.807, 2.05) is 36.4 Å². The molecule has 1 saturated heterocycles. The third-order valence-corrected chi connectivity index (χ3v) is 6.29. The molecule has 162 valence electrons. The number of hydrogen-bond acceptors (Lipinski definition) is 4. The van der Waals surface area contributed by atoms with E-state index in [1.165, 1.54) is 16.7 Å². The molecule has 0 bridgehead atoms. The molecule has 1 fully saturated rings. The van der Waals surface area contributed by atoms with E-state index < -0.39 is 6.10 Å². The zero-order valence-electron chi connectivity index (χ0n) is 18.4. The summed E-state index contributed by atoms with van der Waals surface area (Å²) < 4.78 is 5.37. The van der Waals surface area contributed by atoms with Crippen molar-refractivity contribution in [3.05, 3.63) is 101 Å². The summed E-state index contributed by atoms with van der Waals surface area (Å²) in [5, 5.41) is 11.4. The zero-order valence-corrected chi connectivity index (χ0v) is 18.4. The van der Waals surface area contributed by atoms with Crippen LogP contribution in [0, 0.1) is 6.92 Å². The molecule has 0 aliphatic carbocycles. The molecule has 4 heteroatoms. The minimum absolute atomic E-state index is 0.0532. The third-order valence-electron chi connectivity index (χ3n) is 6.29. The molecule has 3 aromatic carbocycles. The molecule has 0 radical (unpaired) electrons. The van der Waals surface area contributed by atoms with E-state index in [4.69, 9.17) is 4.74 Å². The summed E-state index contributed by atoms with van der Waals surface area (Å²) in [6.07, 6.45) is -0.563. The van der Waals surface area contributed by atoms with Crippen LogP contribution in [0.5, 0.6) is 5.75 Å². The second-order valence-electron chi connectivity index (χ2n) is 8.32. The zero-order chi connectivity index (χ0) is 21.6. The van der Waals surface area contributed by atoms with Crippen molar-refractivity contribution in [1.82, 2.24) is 9.80 Å². The number of piperazine rings is 1. The molecule has 31 heavy (non-hydrogen) atoms. The van der Waals surface area contributed by atoms with Crippen molar-refractivity contribution in [1.29, 1.82) is 0 Å². The quantitative estimate of drug-likeness (QED) is 0.611. The highest BCUT2D eigenvalue weighted by atomic mass is 16.5. The third kappa shape index (κ3) is 5.16. The lowest BCUT2D eigenvalue weighted by molar-refractivity contribution is 0.0146. The number of methoxy groups -OCH3 is 1. The molecule has 1 aliphatic rings. The molecule has 0 saturated carbocycles. The fourth-order valence-electron chi connectivity index (χ4n) is 4.55. The van der Waals surface area contributed by atoms with E-state index >= 15 is 0 Å². The van der Waals surface area contributed by atoms with Crippen LogP contribution in [-0.2, 0) is 6.54 Å². The Morgan fingerprint density at radius 2 is 1.58 bits per heavy atom. The summed E-state index contributed by atoms with van der Waals surface area (Å²) in [4.78, 5) is 4.93. The summed E-state index contributed by atoms with van der Waals surface area (Å²) in [6.45, 7) is 6.85. The van der Waals surface area contributed by atoms with Gasteiger partial charge in [-0.25, -0.2) is 0 Å². The van der Waals surface area contributed by atoms with Crippen molar-refractivity contribution in [2.75, 3.05) is 33.3 Å². The first-order valence-corrected chi connectivity index (χ1v) is 11.0. The topological polar surface area (TPSA) is 35.9 Å². The number of aliphatic hydroxyl groups is 1. The van der Waals surface area contributed by atoms with Gasteiger partial charge in [0, 0.05) is 32.7 Å². The first kappa shape index (κ1) is 21.6. The predicted octanol–water partition coefficient (Wildman–Crippen LogP) is 4.60. The lowest BCUT2D eigenvalue weighted by Crippen LogP contribution is -2.48. The van der Waals surface area contributed by atoms with Crippen LogP contribution in [0.3, 0.4) is 0 Å². The van der Waals surface area contributed by atoms with Crippen molar-refractivity contribution in [2.45, 2.75) is 25.6 Å². The van der Waals surface area contributed by atoms with Gasteiger partial charge in [0.05, 0.1) is 19.3 Å². The highest BCUT2D eigenvalue weighted by molar-refractivity contribution is 5.33.